The molecule has 3 aromatic rings. The zero-order chi connectivity index (χ0) is 27.9. The van der Waals surface area contributed by atoms with Crippen molar-refractivity contribution in [2.75, 3.05) is 20.2 Å². The first-order chi connectivity index (χ1) is 18.1. The molecule has 7 heteroatoms. The number of hydrogen-bond acceptors (Lipinski definition) is 4. The molecule has 1 saturated heterocycles. The van der Waals surface area contributed by atoms with Gasteiger partial charge in [0.1, 0.15) is 12.4 Å². The second-order valence-electron chi connectivity index (χ2n) is 10.8. The lowest BCUT2D eigenvalue weighted by molar-refractivity contribution is -0.131. The molecule has 0 aliphatic carbocycles. The summed E-state index contributed by atoms with van der Waals surface area (Å²) in [5, 5.41) is 2.47. The summed E-state index contributed by atoms with van der Waals surface area (Å²) < 4.78 is 4.56. The monoisotopic (exact) mass is 518 g/mol. The molecule has 2 heterocycles. The first kappa shape index (κ1) is 29.0. The summed E-state index contributed by atoms with van der Waals surface area (Å²) in [6.07, 6.45) is 4.19. The summed E-state index contributed by atoms with van der Waals surface area (Å²) in [5.74, 6) is 0.618. The number of rotatable bonds is 5. The van der Waals surface area contributed by atoms with Crippen LogP contribution in [0.25, 0.3) is 22.4 Å². The number of alkyl carbamates (subject to hydrolysis) is 1. The highest BCUT2D eigenvalue weighted by Gasteiger charge is 2.32. The van der Waals surface area contributed by atoms with Gasteiger partial charge in [0.15, 0.2) is 0 Å². The number of carbonyl (C=O) groups is 2. The molecule has 0 saturated carbocycles. The molecule has 38 heavy (non-hydrogen) atoms. The van der Waals surface area contributed by atoms with Crippen molar-refractivity contribution in [1.29, 1.82) is 0 Å². The van der Waals surface area contributed by atoms with Gasteiger partial charge < -0.3 is 19.9 Å². The smallest absolute Gasteiger partial charge is 0.407 e. The summed E-state index contributed by atoms with van der Waals surface area (Å²) in [6.45, 7) is 13.6. The molecule has 1 aromatic heterocycles. The number of aryl methyl sites for hydroxylation is 1. The number of likely N-dealkylation sites (tertiary alicyclic amines) is 1. The average molecular weight is 519 g/mol. The Morgan fingerprint density at radius 1 is 1.11 bits per heavy atom. The Labute approximate surface area is 227 Å². The highest BCUT2D eigenvalue weighted by atomic mass is 16.5. The summed E-state index contributed by atoms with van der Waals surface area (Å²) in [7, 11) is 1.28. The van der Waals surface area contributed by atoms with Gasteiger partial charge in [-0.2, -0.15) is 0 Å². The van der Waals surface area contributed by atoms with Gasteiger partial charge in [-0.25, -0.2) is 9.78 Å². The molecule has 0 radical (unpaired) electrons. The van der Waals surface area contributed by atoms with Gasteiger partial charge in [-0.3, -0.25) is 4.79 Å². The van der Waals surface area contributed by atoms with Gasteiger partial charge in [0.05, 0.1) is 25.0 Å². The van der Waals surface area contributed by atoms with E-state index in [0.717, 1.165) is 29.9 Å². The number of aromatic nitrogens is 2. The largest absolute Gasteiger partial charge is 0.453 e. The van der Waals surface area contributed by atoms with Crippen LogP contribution in [0.3, 0.4) is 0 Å². The Morgan fingerprint density at radius 3 is 2.39 bits per heavy atom. The third-order valence-electron chi connectivity index (χ3n) is 6.66. The number of amides is 2. The van der Waals surface area contributed by atoms with Gasteiger partial charge in [0.2, 0.25) is 5.91 Å². The van der Waals surface area contributed by atoms with Gasteiger partial charge in [-0.15, -0.1) is 0 Å². The molecule has 1 fully saturated rings. The standard InChI is InChI=1S/C28H34N4O3.C3H8/c1-18-8-9-20(15-22(18)19-10-12-21(13-11-19)28(2,3)4)23-16-29-26(31-23)24-7-6-14-32(24)25(33)17-30-27(34)35-5;1-3-2/h8-13,15-16,24H,6-7,14,17H2,1-5H3,(H,29,31)(H,30,34);3H2,1-2H3/t24-;/m0./s1. The molecule has 2 N–H and O–H groups in total. The first-order valence-electron chi connectivity index (χ1n) is 13.5. The van der Waals surface area contributed by atoms with Crippen LogP contribution in [-0.2, 0) is 14.9 Å². The summed E-state index contributed by atoms with van der Waals surface area (Å²) in [5.41, 5.74) is 6.97. The molecule has 0 bridgehead atoms. The molecule has 2 aromatic carbocycles. The van der Waals surface area contributed by atoms with E-state index in [1.807, 2.05) is 6.20 Å². The van der Waals surface area contributed by atoms with E-state index < -0.39 is 6.09 Å². The van der Waals surface area contributed by atoms with Crippen LogP contribution in [0.2, 0.25) is 0 Å². The minimum atomic E-state index is -0.613. The number of nitrogens with one attached hydrogen (secondary N) is 2. The van der Waals surface area contributed by atoms with Gasteiger partial charge >= 0.3 is 6.09 Å². The van der Waals surface area contributed by atoms with Crippen LogP contribution in [0.15, 0.2) is 48.7 Å². The van der Waals surface area contributed by atoms with Crippen LogP contribution in [0, 0.1) is 6.92 Å². The van der Waals surface area contributed by atoms with E-state index in [1.165, 1.54) is 35.8 Å². The van der Waals surface area contributed by atoms with Crippen LogP contribution in [0.4, 0.5) is 4.79 Å². The summed E-state index contributed by atoms with van der Waals surface area (Å²) in [6, 6.07) is 15.1. The van der Waals surface area contributed by atoms with E-state index >= 15 is 0 Å². The molecular formula is C31H42N4O3. The number of methoxy groups -OCH3 is 1. The zero-order valence-corrected chi connectivity index (χ0v) is 23.9. The Hall–Kier alpha value is -3.61. The van der Waals surface area contributed by atoms with Crippen LogP contribution in [0.5, 0.6) is 0 Å². The number of benzene rings is 2. The van der Waals surface area contributed by atoms with Crippen LogP contribution < -0.4 is 5.32 Å². The fourth-order valence-corrected chi connectivity index (χ4v) is 4.57. The topological polar surface area (TPSA) is 87.3 Å². The zero-order valence-electron chi connectivity index (χ0n) is 23.9. The highest BCUT2D eigenvalue weighted by Crippen LogP contribution is 2.34. The first-order valence-corrected chi connectivity index (χ1v) is 13.5. The number of hydrogen-bond donors (Lipinski definition) is 2. The molecule has 4 rings (SSSR count). The van der Waals surface area contributed by atoms with E-state index in [1.54, 1.807) is 4.90 Å². The van der Waals surface area contributed by atoms with Gasteiger partial charge in [0, 0.05) is 12.1 Å². The fraction of sp³-hybridized carbons (Fsp3) is 0.452. The molecule has 1 atom stereocenters. The lowest BCUT2D eigenvalue weighted by Gasteiger charge is -2.23. The van der Waals surface area contributed by atoms with E-state index in [4.69, 9.17) is 0 Å². The molecule has 204 valence electrons. The number of nitrogens with zero attached hydrogens (tertiary/aromatic N) is 2. The van der Waals surface area contributed by atoms with E-state index in [0.29, 0.717) is 6.54 Å². The molecule has 0 unspecified atom stereocenters. The Kier molecular flexibility index (Phi) is 9.72. The highest BCUT2D eigenvalue weighted by molar-refractivity contribution is 5.82. The third kappa shape index (κ3) is 7.03. The molecule has 1 aliphatic heterocycles. The predicted octanol–water partition coefficient (Wildman–Crippen LogP) is 6.79. The predicted molar refractivity (Wildman–Crippen MR) is 153 cm³/mol. The number of imidazole rings is 1. The van der Waals surface area contributed by atoms with Crippen LogP contribution >= 0.6 is 0 Å². The molecular weight excluding hydrogens is 476 g/mol. The maximum Gasteiger partial charge on any atom is 0.407 e. The fourth-order valence-electron chi connectivity index (χ4n) is 4.57. The average Bonchev–Trinajstić information content (AvgIpc) is 3.57. The SMILES string of the molecule is CCC.COC(=O)NCC(=O)N1CCC[C@H]1c1ncc(-c2ccc(C)c(-c3ccc(C(C)(C)C)cc3)c2)[nH]1. The lowest BCUT2D eigenvalue weighted by Crippen LogP contribution is -2.40. The van der Waals surface area contributed by atoms with Crippen molar-refractivity contribution < 1.29 is 14.3 Å². The maximum absolute atomic E-state index is 12.7. The summed E-state index contributed by atoms with van der Waals surface area (Å²) in [4.78, 5) is 33.8. The van der Waals surface area contributed by atoms with Crippen molar-refractivity contribution in [3.63, 3.8) is 0 Å². The number of aromatic amines is 1. The van der Waals surface area contributed by atoms with Crippen molar-refractivity contribution >= 4 is 12.0 Å². The normalized spacial score (nSPS) is 15.0. The molecule has 1 aliphatic rings. The van der Waals surface area contributed by atoms with Gasteiger partial charge in [-0.1, -0.05) is 77.4 Å². The molecule has 2 amide bonds. The number of H-pyrrole nitrogens is 1. The van der Waals surface area contributed by atoms with Crippen molar-refractivity contribution in [3.8, 4) is 22.4 Å². The second-order valence-corrected chi connectivity index (χ2v) is 10.8. The van der Waals surface area contributed by atoms with Gasteiger partial charge in [0.25, 0.3) is 0 Å². The quantitative estimate of drug-likeness (QED) is 0.389. The minimum Gasteiger partial charge on any atom is -0.453 e. The third-order valence-corrected chi connectivity index (χ3v) is 6.66. The van der Waals surface area contributed by atoms with Crippen LogP contribution in [-0.4, -0.2) is 47.1 Å². The molecule has 7 nitrogen and oxygen atoms in total. The maximum atomic E-state index is 12.7. The van der Waals surface area contributed by atoms with Crippen LogP contribution in [0.1, 0.15) is 76.9 Å². The number of carbonyl (C=O) groups excluding carboxylic acids is 2. The Bertz CT molecular complexity index is 1220. The summed E-state index contributed by atoms with van der Waals surface area (Å²) >= 11 is 0. The van der Waals surface area contributed by atoms with E-state index in [2.05, 4.69) is 104 Å². The van der Waals surface area contributed by atoms with Crippen molar-refractivity contribution in [2.24, 2.45) is 0 Å². The Balaban J connectivity index is 0.00000127. The van der Waals surface area contributed by atoms with Gasteiger partial charge in [-0.05, 0) is 53.5 Å². The van der Waals surface area contributed by atoms with E-state index in [-0.39, 0.29) is 23.9 Å². The van der Waals surface area contributed by atoms with Crippen molar-refractivity contribution in [3.05, 3.63) is 65.6 Å². The Morgan fingerprint density at radius 2 is 1.76 bits per heavy atom. The van der Waals surface area contributed by atoms with Crippen molar-refractivity contribution in [2.45, 2.75) is 72.3 Å². The van der Waals surface area contributed by atoms with Crippen molar-refractivity contribution in [1.82, 2.24) is 20.2 Å². The second kappa shape index (κ2) is 12.8. The molecule has 0 spiro atoms. The number of ether oxygens (including phenoxy) is 1. The minimum absolute atomic E-state index is 0.0912. The lowest BCUT2D eigenvalue weighted by atomic mass is 9.86. The van der Waals surface area contributed by atoms with E-state index in [9.17, 15) is 9.59 Å².